The molecule has 27 heavy (non-hydrogen) atoms. The first-order chi connectivity index (χ1) is 13.0. The summed E-state index contributed by atoms with van der Waals surface area (Å²) in [5, 5.41) is 12.0. The largest absolute Gasteiger partial charge is 0.465 e. The van der Waals surface area contributed by atoms with Gasteiger partial charge in [-0.2, -0.15) is 0 Å². The lowest BCUT2D eigenvalue weighted by molar-refractivity contribution is 0.198. The molecular formula is C20H19Cl2N3O2. The highest BCUT2D eigenvalue weighted by atomic mass is 35.5. The van der Waals surface area contributed by atoms with Gasteiger partial charge in [0.25, 0.3) is 0 Å². The van der Waals surface area contributed by atoms with E-state index in [2.05, 4.69) is 9.88 Å². The third kappa shape index (κ3) is 3.76. The van der Waals surface area contributed by atoms with Crippen molar-refractivity contribution < 1.29 is 9.90 Å². The Balaban J connectivity index is 1.48. The van der Waals surface area contributed by atoms with Crippen molar-refractivity contribution in [3.63, 3.8) is 0 Å². The zero-order chi connectivity index (χ0) is 19.0. The lowest BCUT2D eigenvalue weighted by atomic mass is 10.0. The van der Waals surface area contributed by atoms with E-state index in [9.17, 15) is 9.90 Å². The lowest BCUT2D eigenvalue weighted by Crippen LogP contribution is -2.40. The number of carbonyl (C=O) groups is 1. The number of H-pyrrole nitrogens is 1. The summed E-state index contributed by atoms with van der Waals surface area (Å²) in [4.78, 5) is 18.8. The molecule has 0 atom stereocenters. The van der Waals surface area contributed by atoms with Gasteiger partial charge in [0.1, 0.15) is 0 Å². The zero-order valence-corrected chi connectivity index (χ0v) is 16.1. The fraction of sp³-hybridized carbons (Fsp3) is 0.250. The van der Waals surface area contributed by atoms with Gasteiger partial charge < -0.3 is 10.1 Å². The van der Waals surface area contributed by atoms with Crippen molar-refractivity contribution in [2.75, 3.05) is 24.5 Å². The van der Waals surface area contributed by atoms with Crippen LogP contribution in [0.4, 0.5) is 10.5 Å². The molecule has 2 N–H and O–H groups in total. The molecule has 0 radical (unpaired) electrons. The average molecular weight is 404 g/mol. The molecule has 5 nitrogen and oxygen atoms in total. The number of hydrogen-bond acceptors (Lipinski definition) is 2. The van der Waals surface area contributed by atoms with E-state index in [4.69, 9.17) is 23.2 Å². The van der Waals surface area contributed by atoms with Crippen molar-refractivity contribution in [3.05, 3.63) is 63.8 Å². The number of rotatable bonds is 4. The second-order valence-corrected chi connectivity index (χ2v) is 7.59. The van der Waals surface area contributed by atoms with Gasteiger partial charge in [-0.25, -0.2) is 4.79 Å². The second kappa shape index (κ2) is 7.43. The van der Waals surface area contributed by atoms with Gasteiger partial charge in [-0.15, -0.1) is 0 Å². The normalized spacial score (nSPS) is 14.3. The lowest BCUT2D eigenvalue weighted by Gasteiger charge is -2.29. The number of nitrogens with zero attached hydrogens (tertiary/aromatic N) is 2. The van der Waals surface area contributed by atoms with Crippen molar-refractivity contribution in [1.82, 2.24) is 9.88 Å². The molecule has 0 saturated heterocycles. The minimum absolute atomic E-state index is 0.386. The molecule has 1 aliphatic rings. The molecule has 0 fully saturated rings. The third-order valence-corrected chi connectivity index (χ3v) is 5.48. The number of halogens is 2. The summed E-state index contributed by atoms with van der Waals surface area (Å²) < 4.78 is 0. The number of nitrogens with one attached hydrogen (secondary N) is 1. The first-order valence-electron chi connectivity index (χ1n) is 8.78. The van der Waals surface area contributed by atoms with E-state index in [1.54, 1.807) is 24.3 Å². The Morgan fingerprint density at radius 2 is 2.00 bits per heavy atom. The van der Waals surface area contributed by atoms with E-state index in [1.807, 2.05) is 18.2 Å². The van der Waals surface area contributed by atoms with Gasteiger partial charge in [0.05, 0.1) is 0 Å². The van der Waals surface area contributed by atoms with Crippen LogP contribution in [-0.4, -0.2) is 40.7 Å². The maximum absolute atomic E-state index is 11.7. The van der Waals surface area contributed by atoms with Crippen LogP contribution < -0.4 is 4.90 Å². The maximum atomic E-state index is 11.7. The SMILES string of the molecule is O=C(O)N(CCN1CCc2c([nH]c3ccc(Cl)cc23)C1)c1cccc(Cl)c1. The zero-order valence-electron chi connectivity index (χ0n) is 14.6. The monoisotopic (exact) mass is 403 g/mol. The van der Waals surface area contributed by atoms with Gasteiger partial charge in [-0.1, -0.05) is 29.3 Å². The molecule has 1 amide bonds. The van der Waals surface area contributed by atoms with E-state index in [0.29, 0.717) is 23.8 Å². The number of carboxylic acid groups (broad SMARTS) is 1. The first-order valence-corrected chi connectivity index (χ1v) is 9.54. The Bertz CT molecular complexity index is 1000. The minimum Gasteiger partial charge on any atom is -0.465 e. The van der Waals surface area contributed by atoms with Gasteiger partial charge >= 0.3 is 6.09 Å². The van der Waals surface area contributed by atoms with Gasteiger partial charge in [0.15, 0.2) is 0 Å². The fourth-order valence-electron chi connectivity index (χ4n) is 3.68. The maximum Gasteiger partial charge on any atom is 0.411 e. The second-order valence-electron chi connectivity index (χ2n) is 6.71. The van der Waals surface area contributed by atoms with Gasteiger partial charge in [-0.3, -0.25) is 9.80 Å². The van der Waals surface area contributed by atoms with Crippen molar-refractivity contribution >= 4 is 45.9 Å². The molecule has 2 heterocycles. The average Bonchev–Trinajstić information content (AvgIpc) is 2.98. The van der Waals surface area contributed by atoms with Crippen LogP contribution in [0, 0.1) is 0 Å². The van der Waals surface area contributed by atoms with Crippen LogP contribution in [0.1, 0.15) is 11.3 Å². The third-order valence-electron chi connectivity index (χ3n) is 5.01. The Labute approximate surface area is 167 Å². The molecule has 2 aromatic carbocycles. The highest BCUT2D eigenvalue weighted by Crippen LogP contribution is 2.29. The van der Waals surface area contributed by atoms with Crippen LogP contribution in [0.15, 0.2) is 42.5 Å². The number of aromatic amines is 1. The molecule has 4 rings (SSSR count). The molecule has 1 aliphatic heterocycles. The predicted molar refractivity (Wildman–Crippen MR) is 109 cm³/mol. The van der Waals surface area contributed by atoms with Gasteiger partial charge in [0.2, 0.25) is 0 Å². The van der Waals surface area contributed by atoms with Crippen molar-refractivity contribution in [1.29, 1.82) is 0 Å². The molecule has 0 aliphatic carbocycles. The number of anilines is 1. The minimum atomic E-state index is -0.977. The predicted octanol–water partition coefficient (Wildman–Crippen LogP) is 5.02. The van der Waals surface area contributed by atoms with Crippen molar-refractivity contribution in [3.8, 4) is 0 Å². The highest BCUT2D eigenvalue weighted by Gasteiger charge is 2.22. The van der Waals surface area contributed by atoms with E-state index in [1.165, 1.54) is 21.5 Å². The molecule has 3 aromatic rings. The van der Waals surface area contributed by atoms with Crippen molar-refractivity contribution in [2.45, 2.75) is 13.0 Å². The molecular weight excluding hydrogens is 385 g/mol. The molecule has 0 saturated carbocycles. The Morgan fingerprint density at radius 1 is 1.19 bits per heavy atom. The summed E-state index contributed by atoms with van der Waals surface area (Å²) >= 11 is 12.1. The molecule has 0 bridgehead atoms. The van der Waals surface area contributed by atoms with Crippen molar-refractivity contribution in [2.24, 2.45) is 0 Å². The van der Waals surface area contributed by atoms with Crippen LogP contribution in [0.2, 0.25) is 10.0 Å². The number of amides is 1. The Morgan fingerprint density at radius 3 is 2.78 bits per heavy atom. The van der Waals surface area contributed by atoms with Gasteiger partial charge in [0, 0.05) is 58.5 Å². The quantitative estimate of drug-likeness (QED) is 0.642. The van der Waals surface area contributed by atoms with Crippen LogP contribution >= 0.6 is 23.2 Å². The molecule has 0 unspecified atom stereocenters. The summed E-state index contributed by atoms with van der Waals surface area (Å²) in [6.07, 6.45) is -0.0601. The van der Waals surface area contributed by atoms with E-state index in [0.717, 1.165) is 30.0 Å². The Kier molecular flexibility index (Phi) is 5.00. The Hall–Kier alpha value is -2.21. The highest BCUT2D eigenvalue weighted by molar-refractivity contribution is 6.31. The number of aromatic nitrogens is 1. The fourth-order valence-corrected chi connectivity index (χ4v) is 4.04. The standard InChI is InChI=1S/C20H19Cl2N3O2/c21-13-2-1-3-15(10-13)25(20(26)27)9-8-24-7-6-16-17-11-14(22)4-5-18(17)23-19(16)12-24/h1-5,10-11,23H,6-9,12H2,(H,26,27). The summed E-state index contributed by atoms with van der Waals surface area (Å²) in [7, 11) is 0. The molecule has 0 spiro atoms. The van der Waals surface area contributed by atoms with E-state index in [-0.39, 0.29) is 0 Å². The topological polar surface area (TPSA) is 59.6 Å². The van der Waals surface area contributed by atoms with E-state index >= 15 is 0 Å². The molecule has 1 aromatic heterocycles. The summed E-state index contributed by atoms with van der Waals surface area (Å²) in [6.45, 7) is 2.69. The summed E-state index contributed by atoms with van der Waals surface area (Å²) in [5.41, 5.74) is 4.18. The summed E-state index contributed by atoms with van der Waals surface area (Å²) in [5.74, 6) is 0. The van der Waals surface area contributed by atoms with Crippen LogP contribution in [0.25, 0.3) is 10.9 Å². The number of benzene rings is 2. The smallest absolute Gasteiger partial charge is 0.411 e. The van der Waals surface area contributed by atoms with Gasteiger partial charge in [-0.05, 0) is 48.4 Å². The molecule has 7 heteroatoms. The van der Waals surface area contributed by atoms with Crippen LogP contribution in [-0.2, 0) is 13.0 Å². The number of fused-ring (bicyclic) bond motifs is 3. The van der Waals surface area contributed by atoms with E-state index < -0.39 is 6.09 Å². The molecule has 140 valence electrons. The summed E-state index contributed by atoms with van der Waals surface area (Å²) in [6, 6.07) is 12.8. The van der Waals surface area contributed by atoms with Crippen LogP contribution in [0.5, 0.6) is 0 Å². The first kappa shape index (κ1) is 18.2. The van der Waals surface area contributed by atoms with Crippen LogP contribution in [0.3, 0.4) is 0 Å². The number of hydrogen-bond donors (Lipinski definition) is 2.